The number of hydrogen-bond acceptors (Lipinski definition) is 2. The van der Waals surface area contributed by atoms with E-state index in [1.54, 1.807) is 4.90 Å². The fraction of sp³-hybridized carbons (Fsp3) is 0.385. The number of benzene rings is 1. The summed E-state index contributed by atoms with van der Waals surface area (Å²) in [4.78, 5) is 24.6. The van der Waals surface area contributed by atoms with Gasteiger partial charge in [0.05, 0.1) is 5.92 Å². The molecule has 4 nitrogen and oxygen atoms in total. The second-order valence-corrected chi connectivity index (χ2v) is 4.65. The van der Waals surface area contributed by atoms with Crippen LogP contribution in [0.2, 0.25) is 0 Å². The standard InChI is InChI=1S/C13H16N2O2/c1-8-3-9(2)5-11(4-8)15-7-10(13(14)17)6-12(15)16/h3-5,10H,6-7H2,1-2H3,(H2,14,17)/t10-/m1/s1. The fourth-order valence-corrected chi connectivity index (χ4v) is 2.25. The van der Waals surface area contributed by atoms with E-state index in [4.69, 9.17) is 5.73 Å². The van der Waals surface area contributed by atoms with Crippen LogP contribution in [-0.2, 0) is 9.59 Å². The van der Waals surface area contributed by atoms with Crippen molar-refractivity contribution in [1.82, 2.24) is 0 Å². The van der Waals surface area contributed by atoms with Crippen LogP contribution >= 0.6 is 0 Å². The summed E-state index contributed by atoms with van der Waals surface area (Å²) in [6.07, 6.45) is 0.225. The Hall–Kier alpha value is -1.84. The number of carbonyl (C=O) groups is 2. The van der Waals surface area contributed by atoms with Crippen LogP contribution in [0.4, 0.5) is 5.69 Å². The van der Waals surface area contributed by atoms with Gasteiger partial charge in [0.2, 0.25) is 11.8 Å². The molecule has 2 N–H and O–H groups in total. The number of nitrogens with two attached hydrogens (primary N) is 1. The molecule has 0 unspecified atom stereocenters. The van der Waals surface area contributed by atoms with Crippen LogP contribution in [-0.4, -0.2) is 18.4 Å². The summed E-state index contributed by atoms with van der Waals surface area (Å²) < 4.78 is 0. The third-order valence-corrected chi connectivity index (χ3v) is 3.05. The van der Waals surface area contributed by atoms with E-state index in [-0.39, 0.29) is 18.2 Å². The van der Waals surface area contributed by atoms with E-state index in [1.807, 2.05) is 26.0 Å². The number of hydrogen-bond donors (Lipinski definition) is 1. The monoisotopic (exact) mass is 232 g/mol. The highest BCUT2D eigenvalue weighted by Gasteiger charge is 2.33. The summed E-state index contributed by atoms with van der Waals surface area (Å²) in [6.45, 7) is 4.38. The summed E-state index contributed by atoms with van der Waals surface area (Å²) in [5.74, 6) is -0.785. The van der Waals surface area contributed by atoms with Crippen LogP contribution < -0.4 is 10.6 Å². The maximum absolute atomic E-state index is 11.8. The Kier molecular flexibility index (Phi) is 2.88. The Morgan fingerprint density at radius 1 is 1.29 bits per heavy atom. The molecule has 1 aromatic rings. The molecule has 1 aliphatic heterocycles. The van der Waals surface area contributed by atoms with Crippen molar-refractivity contribution in [3.05, 3.63) is 29.3 Å². The Labute approximate surface area is 100 Å². The van der Waals surface area contributed by atoms with E-state index in [0.717, 1.165) is 16.8 Å². The van der Waals surface area contributed by atoms with Gasteiger partial charge in [-0.15, -0.1) is 0 Å². The molecule has 1 atom stereocenters. The first-order valence-corrected chi connectivity index (χ1v) is 5.65. The highest BCUT2D eigenvalue weighted by molar-refractivity contribution is 6.00. The number of amides is 2. The lowest BCUT2D eigenvalue weighted by Gasteiger charge is -2.17. The average Bonchev–Trinajstić information content (AvgIpc) is 2.59. The van der Waals surface area contributed by atoms with Crippen LogP contribution in [0.1, 0.15) is 17.5 Å². The smallest absolute Gasteiger partial charge is 0.227 e. The molecule has 90 valence electrons. The van der Waals surface area contributed by atoms with Crippen molar-refractivity contribution < 1.29 is 9.59 Å². The van der Waals surface area contributed by atoms with E-state index in [2.05, 4.69) is 6.07 Å². The topological polar surface area (TPSA) is 63.4 Å². The lowest BCUT2D eigenvalue weighted by atomic mass is 10.1. The number of rotatable bonds is 2. The van der Waals surface area contributed by atoms with Crippen molar-refractivity contribution >= 4 is 17.5 Å². The first-order valence-electron chi connectivity index (χ1n) is 5.65. The number of aryl methyl sites for hydroxylation is 2. The highest BCUT2D eigenvalue weighted by atomic mass is 16.2. The molecule has 1 saturated heterocycles. The van der Waals surface area contributed by atoms with Gasteiger partial charge in [-0.1, -0.05) is 6.07 Å². The summed E-state index contributed by atoms with van der Waals surface area (Å²) in [6, 6.07) is 5.96. The first-order chi connectivity index (χ1) is 7.97. The zero-order valence-electron chi connectivity index (χ0n) is 10.1. The third-order valence-electron chi connectivity index (χ3n) is 3.05. The Morgan fingerprint density at radius 2 is 1.88 bits per heavy atom. The predicted octanol–water partition coefficient (Wildman–Crippen LogP) is 1.14. The number of primary amides is 1. The average molecular weight is 232 g/mol. The summed E-state index contributed by atoms with van der Waals surface area (Å²) in [5.41, 5.74) is 8.31. The SMILES string of the molecule is Cc1cc(C)cc(N2C[C@H](C(N)=O)CC2=O)c1. The molecule has 1 aliphatic rings. The van der Waals surface area contributed by atoms with Crippen molar-refractivity contribution in [3.8, 4) is 0 Å². The molecule has 0 radical (unpaired) electrons. The van der Waals surface area contributed by atoms with Crippen molar-refractivity contribution in [3.63, 3.8) is 0 Å². The van der Waals surface area contributed by atoms with Gasteiger partial charge in [0, 0.05) is 18.7 Å². The summed E-state index contributed by atoms with van der Waals surface area (Å²) in [7, 11) is 0. The molecule has 0 spiro atoms. The molecule has 1 aromatic carbocycles. The van der Waals surface area contributed by atoms with Gasteiger partial charge < -0.3 is 10.6 Å². The minimum absolute atomic E-state index is 0.0289. The normalized spacial score (nSPS) is 19.8. The number of anilines is 1. The second kappa shape index (κ2) is 4.20. The van der Waals surface area contributed by atoms with Crippen molar-refractivity contribution in [2.24, 2.45) is 11.7 Å². The maximum atomic E-state index is 11.8. The zero-order valence-corrected chi connectivity index (χ0v) is 10.1. The molecule has 0 saturated carbocycles. The van der Waals surface area contributed by atoms with Crippen LogP contribution in [0.15, 0.2) is 18.2 Å². The van der Waals surface area contributed by atoms with Gasteiger partial charge in [0.25, 0.3) is 0 Å². The number of carbonyl (C=O) groups excluding carboxylic acids is 2. The Balaban J connectivity index is 2.28. The molecule has 2 amide bonds. The van der Waals surface area contributed by atoms with Gasteiger partial charge in [-0.2, -0.15) is 0 Å². The largest absolute Gasteiger partial charge is 0.369 e. The lowest BCUT2D eigenvalue weighted by Crippen LogP contribution is -2.28. The molecule has 0 aromatic heterocycles. The van der Waals surface area contributed by atoms with E-state index in [0.29, 0.717) is 6.54 Å². The molecule has 2 rings (SSSR count). The van der Waals surface area contributed by atoms with Crippen molar-refractivity contribution in [1.29, 1.82) is 0 Å². The van der Waals surface area contributed by atoms with Crippen LogP contribution in [0, 0.1) is 19.8 Å². The highest BCUT2D eigenvalue weighted by Crippen LogP contribution is 2.26. The molecular formula is C13H16N2O2. The van der Waals surface area contributed by atoms with Crippen LogP contribution in [0.25, 0.3) is 0 Å². The molecular weight excluding hydrogens is 216 g/mol. The molecule has 0 bridgehead atoms. The van der Waals surface area contributed by atoms with E-state index < -0.39 is 5.91 Å². The van der Waals surface area contributed by atoms with Crippen LogP contribution in [0.3, 0.4) is 0 Å². The van der Waals surface area contributed by atoms with E-state index >= 15 is 0 Å². The predicted molar refractivity (Wildman–Crippen MR) is 65.6 cm³/mol. The molecule has 1 heterocycles. The van der Waals surface area contributed by atoms with Gasteiger partial charge in [-0.3, -0.25) is 9.59 Å². The van der Waals surface area contributed by atoms with Crippen molar-refractivity contribution in [2.75, 3.05) is 11.4 Å². The fourth-order valence-electron chi connectivity index (χ4n) is 2.25. The van der Waals surface area contributed by atoms with E-state index in [9.17, 15) is 9.59 Å². The maximum Gasteiger partial charge on any atom is 0.227 e. The Bertz CT molecular complexity index is 462. The number of nitrogens with zero attached hydrogens (tertiary/aromatic N) is 1. The first kappa shape index (κ1) is 11.6. The minimum Gasteiger partial charge on any atom is -0.369 e. The van der Waals surface area contributed by atoms with Crippen LogP contribution in [0.5, 0.6) is 0 Å². The summed E-state index contributed by atoms with van der Waals surface area (Å²) >= 11 is 0. The summed E-state index contributed by atoms with van der Waals surface area (Å²) in [5, 5.41) is 0. The quantitative estimate of drug-likeness (QED) is 0.831. The zero-order chi connectivity index (χ0) is 12.6. The van der Waals surface area contributed by atoms with Gasteiger partial charge in [0.1, 0.15) is 0 Å². The molecule has 0 aliphatic carbocycles. The van der Waals surface area contributed by atoms with Gasteiger partial charge in [-0.05, 0) is 37.1 Å². The lowest BCUT2D eigenvalue weighted by molar-refractivity contribution is -0.123. The molecule has 4 heteroatoms. The molecule has 17 heavy (non-hydrogen) atoms. The minimum atomic E-state index is -0.398. The Morgan fingerprint density at radius 3 is 2.35 bits per heavy atom. The third kappa shape index (κ3) is 2.30. The van der Waals surface area contributed by atoms with Gasteiger partial charge in [0.15, 0.2) is 0 Å². The molecule has 1 fully saturated rings. The van der Waals surface area contributed by atoms with Crippen molar-refractivity contribution in [2.45, 2.75) is 20.3 Å². The van der Waals surface area contributed by atoms with Gasteiger partial charge >= 0.3 is 0 Å². The van der Waals surface area contributed by atoms with E-state index in [1.165, 1.54) is 0 Å². The van der Waals surface area contributed by atoms with Gasteiger partial charge in [-0.25, -0.2) is 0 Å². The second-order valence-electron chi connectivity index (χ2n) is 4.65.